The molecule has 2 aromatic rings. The summed E-state index contributed by atoms with van der Waals surface area (Å²) in [6, 6.07) is 0. The monoisotopic (exact) mass is 330 g/mol. The highest BCUT2D eigenvalue weighted by Gasteiger charge is 2.34. The molecule has 24 heavy (non-hydrogen) atoms. The quantitative estimate of drug-likeness (QED) is 0.742. The van der Waals surface area contributed by atoms with Crippen LogP contribution < -0.4 is 0 Å². The zero-order valence-corrected chi connectivity index (χ0v) is 14.5. The summed E-state index contributed by atoms with van der Waals surface area (Å²) in [6.07, 6.45) is 1.34. The van der Waals surface area contributed by atoms with Gasteiger partial charge in [0.25, 0.3) is 0 Å². The van der Waals surface area contributed by atoms with E-state index in [4.69, 9.17) is 14.4 Å². The highest BCUT2D eigenvalue weighted by molar-refractivity contribution is 5.71. The molecule has 2 aliphatic rings. The lowest BCUT2D eigenvalue weighted by Crippen LogP contribution is -2.39. The molecule has 0 fully saturated rings. The fraction of sp³-hybridized carbons (Fsp3) is 0.588. The molecule has 7 heteroatoms. The molecule has 7 nitrogen and oxygen atoms in total. The SMILES string of the molecule is Cc1onc2c1CCn1nc3c(c1-2)CN(C(=O)OC(C)(C)C)CC3. The molecule has 0 radical (unpaired) electrons. The van der Waals surface area contributed by atoms with Crippen LogP contribution in [-0.4, -0.2) is 38.1 Å². The molecule has 0 saturated heterocycles. The smallest absolute Gasteiger partial charge is 0.410 e. The van der Waals surface area contributed by atoms with Crippen LogP contribution in [0.25, 0.3) is 11.4 Å². The first-order chi connectivity index (χ1) is 11.3. The van der Waals surface area contributed by atoms with Crippen molar-refractivity contribution in [3.8, 4) is 11.4 Å². The largest absolute Gasteiger partial charge is 0.444 e. The van der Waals surface area contributed by atoms with Gasteiger partial charge in [-0.2, -0.15) is 5.10 Å². The van der Waals surface area contributed by atoms with Gasteiger partial charge in [0.1, 0.15) is 17.1 Å². The number of hydrogen-bond acceptors (Lipinski definition) is 5. The van der Waals surface area contributed by atoms with Crippen LogP contribution in [0.15, 0.2) is 4.52 Å². The Kier molecular flexibility index (Phi) is 3.23. The Hall–Kier alpha value is -2.31. The number of carbonyl (C=O) groups is 1. The number of hydrogen-bond donors (Lipinski definition) is 0. The summed E-state index contributed by atoms with van der Waals surface area (Å²) in [6.45, 7) is 9.54. The van der Waals surface area contributed by atoms with Crippen LogP contribution >= 0.6 is 0 Å². The Bertz CT molecular complexity index is 813. The average Bonchev–Trinajstić information content (AvgIpc) is 3.05. The van der Waals surface area contributed by atoms with Gasteiger partial charge in [0.15, 0.2) is 0 Å². The van der Waals surface area contributed by atoms with Crippen molar-refractivity contribution in [2.24, 2.45) is 0 Å². The van der Waals surface area contributed by atoms with E-state index >= 15 is 0 Å². The van der Waals surface area contributed by atoms with Crippen molar-refractivity contribution in [3.63, 3.8) is 0 Å². The predicted octanol–water partition coefficient (Wildman–Crippen LogP) is 2.70. The van der Waals surface area contributed by atoms with E-state index in [2.05, 4.69) is 5.16 Å². The first-order valence-corrected chi connectivity index (χ1v) is 8.35. The summed E-state index contributed by atoms with van der Waals surface area (Å²) in [5.74, 6) is 0.867. The number of fused-ring (bicyclic) bond motifs is 5. The molecule has 0 spiro atoms. The van der Waals surface area contributed by atoms with Gasteiger partial charge in [-0.1, -0.05) is 5.16 Å². The van der Waals surface area contributed by atoms with E-state index in [-0.39, 0.29) is 6.09 Å². The van der Waals surface area contributed by atoms with Gasteiger partial charge in [-0.3, -0.25) is 4.68 Å². The number of amides is 1. The Balaban J connectivity index is 1.68. The Labute approximate surface area is 140 Å². The first-order valence-electron chi connectivity index (χ1n) is 8.35. The maximum absolute atomic E-state index is 12.4. The Morgan fingerprint density at radius 2 is 2.00 bits per heavy atom. The third-order valence-corrected chi connectivity index (χ3v) is 4.54. The lowest BCUT2D eigenvalue weighted by molar-refractivity contribution is 0.0224. The molecule has 0 saturated carbocycles. The maximum atomic E-state index is 12.4. The molecule has 0 unspecified atom stereocenters. The van der Waals surface area contributed by atoms with Gasteiger partial charge < -0.3 is 14.2 Å². The van der Waals surface area contributed by atoms with Crippen LogP contribution in [0.3, 0.4) is 0 Å². The number of aromatic nitrogens is 3. The summed E-state index contributed by atoms with van der Waals surface area (Å²) in [4.78, 5) is 14.2. The molecule has 0 N–H and O–H groups in total. The van der Waals surface area contributed by atoms with Crippen molar-refractivity contribution in [1.82, 2.24) is 19.8 Å². The molecular formula is C17H22N4O3. The minimum atomic E-state index is -0.494. The normalized spacial score (nSPS) is 16.4. The molecular weight excluding hydrogens is 308 g/mol. The van der Waals surface area contributed by atoms with Crippen molar-refractivity contribution < 1.29 is 14.1 Å². The lowest BCUT2D eigenvalue weighted by atomic mass is 9.98. The van der Waals surface area contributed by atoms with Gasteiger partial charge in [0, 0.05) is 30.6 Å². The fourth-order valence-electron chi connectivity index (χ4n) is 3.42. The minimum absolute atomic E-state index is 0.277. The van der Waals surface area contributed by atoms with E-state index in [0.29, 0.717) is 13.1 Å². The number of ether oxygens (including phenoxy) is 1. The highest BCUT2D eigenvalue weighted by atomic mass is 16.6. The van der Waals surface area contributed by atoms with E-state index in [9.17, 15) is 4.79 Å². The summed E-state index contributed by atoms with van der Waals surface area (Å²) in [7, 11) is 0. The Morgan fingerprint density at radius 3 is 2.75 bits per heavy atom. The van der Waals surface area contributed by atoms with Crippen LogP contribution in [-0.2, 0) is 30.7 Å². The van der Waals surface area contributed by atoms with E-state index in [0.717, 1.165) is 53.4 Å². The van der Waals surface area contributed by atoms with Crippen molar-refractivity contribution in [1.29, 1.82) is 0 Å². The van der Waals surface area contributed by atoms with Gasteiger partial charge in [0.2, 0.25) is 0 Å². The van der Waals surface area contributed by atoms with E-state index in [1.807, 2.05) is 32.4 Å². The summed E-state index contributed by atoms with van der Waals surface area (Å²) >= 11 is 0. The third kappa shape index (κ3) is 2.39. The topological polar surface area (TPSA) is 73.4 Å². The molecule has 128 valence electrons. The van der Waals surface area contributed by atoms with Gasteiger partial charge in [0.05, 0.1) is 17.9 Å². The zero-order valence-electron chi connectivity index (χ0n) is 14.5. The molecule has 0 aliphatic carbocycles. The standard InChI is InChI=1S/C17H22N4O3/c1-10-11-5-8-21-15(14(11)19-24-10)12-9-20(7-6-13(12)18-21)16(22)23-17(2,3)4/h5-9H2,1-4H3. The van der Waals surface area contributed by atoms with Crippen molar-refractivity contribution >= 4 is 6.09 Å². The van der Waals surface area contributed by atoms with Gasteiger partial charge in [-0.25, -0.2) is 4.79 Å². The lowest BCUT2D eigenvalue weighted by Gasteiger charge is -2.30. The minimum Gasteiger partial charge on any atom is -0.444 e. The van der Waals surface area contributed by atoms with Crippen LogP contribution in [0, 0.1) is 6.92 Å². The second-order valence-electron chi connectivity index (χ2n) is 7.46. The summed E-state index contributed by atoms with van der Waals surface area (Å²) < 4.78 is 12.9. The summed E-state index contributed by atoms with van der Waals surface area (Å²) in [5, 5.41) is 8.96. The van der Waals surface area contributed by atoms with Crippen LogP contribution in [0.1, 0.15) is 43.4 Å². The number of nitrogens with zero attached hydrogens (tertiary/aromatic N) is 4. The second-order valence-corrected chi connectivity index (χ2v) is 7.46. The molecule has 0 bridgehead atoms. The fourth-order valence-corrected chi connectivity index (χ4v) is 3.42. The van der Waals surface area contributed by atoms with Gasteiger partial charge >= 0.3 is 6.09 Å². The highest BCUT2D eigenvalue weighted by Crippen LogP contribution is 2.36. The zero-order chi connectivity index (χ0) is 17.1. The van der Waals surface area contributed by atoms with Crippen LogP contribution in [0.2, 0.25) is 0 Å². The Morgan fingerprint density at radius 1 is 1.21 bits per heavy atom. The van der Waals surface area contributed by atoms with Crippen molar-refractivity contribution in [2.75, 3.05) is 6.54 Å². The molecule has 2 aliphatic heterocycles. The van der Waals surface area contributed by atoms with Crippen LogP contribution in [0.4, 0.5) is 4.79 Å². The van der Waals surface area contributed by atoms with Crippen molar-refractivity contribution in [2.45, 2.75) is 59.2 Å². The second kappa shape index (κ2) is 5.09. The maximum Gasteiger partial charge on any atom is 0.410 e. The van der Waals surface area contributed by atoms with Crippen molar-refractivity contribution in [3.05, 3.63) is 22.6 Å². The predicted molar refractivity (Wildman–Crippen MR) is 86.5 cm³/mol. The number of aryl methyl sites for hydroxylation is 2. The molecule has 4 heterocycles. The van der Waals surface area contributed by atoms with Gasteiger partial charge in [-0.15, -0.1) is 0 Å². The molecule has 0 atom stereocenters. The van der Waals surface area contributed by atoms with E-state index in [1.165, 1.54) is 0 Å². The van der Waals surface area contributed by atoms with E-state index < -0.39 is 5.60 Å². The third-order valence-electron chi connectivity index (χ3n) is 4.54. The molecule has 0 aromatic carbocycles. The first kappa shape index (κ1) is 15.2. The van der Waals surface area contributed by atoms with Crippen LogP contribution in [0.5, 0.6) is 0 Å². The average molecular weight is 330 g/mol. The van der Waals surface area contributed by atoms with E-state index in [1.54, 1.807) is 4.90 Å². The molecule has 2 aromatic heterocycles. The number of rotatable bonds is 0. The van der Waals surface area contributed by atoms with Gasteiger partial charge in [-0.05, 0) is 34.1 Å². The summed E-state index contributed by atoms with van der Waals surface area (Å²) in [5.41, 5.74) is 4.65. The molecule has 4 rings (SSSR count). The molecule has 1 amide bonds. The number of carbonyl (C=O) groups excluding carboxylic acids is 1.